The second kappa shape index (κ2) is 12.3. The predicted octanol–water partition coefficient (Wildman–Crippen LogP) is 3.53. The maximum absolute atomic E-state index is 12.3. The number of carbonyl (C=O) groups excluding carboxylic acids is 3. The third kappa shape index (κ3) is 8.08. The zero-order valence-electron chi connectivity index (χ0n) is 20.8. The molecule has 0 spiro atoms. The van der Waals surface area contributed by atoms with Gasteiger partial charge in [-0.3, -0.25) is 9.59 Å². The van der Waals surface area contributed by atoms with Crippen molar-refractivity contribution in [1.29, 1.82) is 0 Å². The number of carbonyl (C=O) groups is 3. The highest BCUT2D eigenvalue weighted by Gasteiger charge is 2.38. The Bertz CT molecular complexity index is 994. The van der Waals surface area contributed by atoms with Crippen LogP contribution in [0.4, 0.5) is 10.5 Å². The van der Waals surface area contributed by atoms with Crippen LogP contribution in [0.3, 0.4) is 0 Å². The second-order valence-electron chi connectivity index (χ2n) is 9.42. The SMILES string of the molecule is CC(=O)NC1(c2noc(CCC(=O)NCc3ccc(NC(=O)NC(C)C)cc3)n2)CCCCCC1. The number of hydrogen-bond acceptors (Lipinski definition) is 6. The first-order valence-corrected chi connectivity index (χ1v) is 12.3. The third-order valence-corrected chi connectivity index (χ3v) is 5.96. The molecule has 0 radical (unpaired) electrons. The van der Waals surface area contributed by atoms with E-state index < -0.39 is 5.54 Å². The van der Waals surface area contributed by atoms with Gasteiger partial charge in [0.2, 0.25) is 17.7 Å². The second-order valence-corrected chi connectivity index (χ2v) is 9.42. The molecule has 10 nitrogen and oxygen atoms in total. The van der Waals surface area contributed by atoms with E-state index >= 15 is 0 Å². The summed E-state index contributed by atoms with van der Waals surface area (Å²) in [5.74, 6) is 0.648. The van der Waals surface area contributed by atoms with Crippen molar-refractivity contribution in [3.63, 3.8) is 0 Å². The van der Waals surface area contributed by atoms with Gasteiger partial charge in [-0.05, 0) is 44.4 Å². The first kappa shape index (κ1) is 26.2. The Balaban J connectivity index is 1.48. The molecule has 0 unspecified atom stereocenters. The summed E-state index contributed by atoms with van der Waals surface area (Å²) in [7, 11) is 0. The zero-order valence-corrected chi connectivity index (χ0v) is 20.8. The molecule has 2 aromatic rings. The van der Waals surface area contributed by atoms with E-state index in [0.29, 0.717) is 30.4 Å². The molecule has 1 saturated carbocycles. The number of rotatable bonds is 9. The fraction of sp³-hybridized carbons (Fsp3) is 0.560. The molecule has 4 N–H and O–H groups in total. The van der Waals surface area contributed by atoms with Gasteiger partial charge in [0.1, 0.15) is 5.54 Å². The van der Waals surface area contributed by atoms with Crippen LogP contribution >= 0.6 is 0 Å². The fourth-order valence-electron chi connectivity index (χ4n) is 4.27. The van der Waals surface area contributed by atoms with E-state index in [9.17, 15) is 14.4 Å². The zero-order chi connectivity index (χ0) is 25.3. The highest BCUT2D eigenvalue weighted by atomic mass is 16.5. The van der Waals surface area contributed by atoms with Gasteiger partial charge in [-0.25, -0.2) is 4.79 Å². The number of benzene rings is 1. The Labute approximate surface area is 206 Å². The molecule has 190 valence electrons. The van der Waals surface area contributed by atoms with E-state index in [1.807, 2.05) is 26.0 Å². The van der Waals surface area contributed by atoms with Crippen LogP contribution in [0.25, 0.3) is 0 Å². The third-order valence-electron chi connectivity index (χ3n) is 5.96. The largest absolute Gasteiger partial charge is 0.352 e. The molecule has 0 atom stereocenters. The lowest BCUT2D eigenvalue weighted by atomic mass is 9.89. The van der Waals surface area contributed by atoms with Crippen LogP contribution in [-0.4, -0.2) is 34.0 Å². The molecule has 1 heterocycles. The summed E-state index contributed by atoms with van der Waals surface area (Å²) in [6.07, 6.45) is 6.33. The van der Waals surface area contributed by atoms with E-state index in [-0.39, 0.29) is 30.3 Å². The lowest BCUT2D eigenvalue weighted by Gasteiger charge is -2.30. The summed E-state index contributed by atoms with van der Waals surface area (Å²) < 4.78 is 5.42. The molecule has 1 fully saturated rings. The number of anilines is 1. The van der Waals surface area contributed by atoms with Crippen LogP contribution in [0.5, 0.6) is 0 Å². The number of aromatic nitrogens is 2. The summed E-state index contributed by atoms with van der Waals surface area (Å²) in [5, 5.41) is 15.6. The molecule has 0 aliphatic heterocycles. The van der Waals surface area contributed by atoms with E-state index in [4.69, 9.17) is 4.52 Å². The molecule has 1 aromatic heterocycles. The van der Waals surface area contributed by atoms with Crippen LogP contribution in [-0.2, 0) is 28.1 Å². The van der Waals surface area contributed by atoms with Crippen LogP contribution in [0, 0.1) is 0 Å². The Morgan fingerprint density at radius 3 is 2.37 bits per heavy atom. The molecular formula is C25H36N6O4. The van der Waals surface area contributed by atoms with Crippen molar-refractivity contribution in [2.45, 2.75) is 90.3 Å². The lowest BCUT2D eigenvalue weighted by Crippen LogP contribution is -2.45. The lowest BCUT2D eigenvalue weighted by molar-refractivity contribution is -0.122. The summed E-state index contributed by atoms with van der Waals surface area (Å²) >= 11 is 0. The first-order chi connectivity index (χ1) is 16.8. The molecule has 35 heavy (non-hydrogen) atoms. The number of nitrogens with zero attached hydrogens (tertiary/aromatic N) is 2. The number of hydrogen-bond donors (Lipinski definition) is 4. The highest BCUT2D eigenvalue weighted by Crippen LogP contribution is 2.34. The van der Waals surface area contributed by atoms with Gasteiger partial charge >= 0.3 is 6.03 Å². The standard InChI is InChI=1S/C25H36N6O4/c1-17(2)27-24(34)28-20-10-8-19(9-11-20)16-26-21(33)12-13-22-29-23(31-35-22)25(30-18(3)32)14-6-4-5-7-15-25/h8-11,17H,4-7,12-16H2,1-3H3,(H,26,33)(H,30,32)(H2,27,28,34). The number of nitrogens with one attached hydrogen (secondary N) is 4. The van der Waals surface area contributed by atoms with E-state index in [0.717, 1.165) is 44.1 Å². The molecule has 0 saturated heterocycles. The summed E-state index contributed by atoms with van der Waals surface area (Å²) in [5.41, 5.74) is 0.998. The first-order valence-electron chi connectivity index (χ1n) is 12.3. The molecule has 10 heteroatoms. The summed E-state index contributed by atoms with van der Waals surface area (Å²) in [6.45, 7) is 5.66. The Morgan fingerprint density at radius 1 is 1.06 bits per heavy atom. The number of urea groups is 1. The molecular weight excluding hydrogens is 448 g/mol. The van der Waals surface area contributed by atoms with Crippen molar-refractivity contribution in [2.24, 2.45) is 0 Å². The van der Waals surface area contributed by atoms with Crippen LogP contribution < -0.4 is 21.3 Å². The smallest absolute Gasteiger partial charge is 0.319 e. The van der Waals surface area contributed by atoms with Gasteiger partial charge in [-0.2, -0.15) is 4.98 Å². The molecule has 0 bridgehead atoms. The molecule has 1 aliphatic carbocycles. The van der Waals surface area contributed by atoms with Gasteiger partial charge in [0.25, 0.3) is 0 Å². The van der Waals surface area contributed by atoms with Crippen molar-refractivity contribution in [3.05, 3.63) is 41.5 Å². The predicted molar refractivity (Wildman–Crippen MR) is 131 cm³/mol. The number of aryl methyl sites for hydroxylation is 1. The molecule has 3 rings (SSSR count). The normalized spacial score (nSPS) is 15.2. The van der Waals surface area contributed by atoms with Crippen LogP contribution in [0.1, 0.15) is 83.0 Å². The Kier molecular flexibility index (Phi) is 9.22. The van der Waals surface area contributed by atoms with Crippen molar-refractivity contribution < 1.29 is 18.9 Å². The monoisotopic (exact) mass is 484 g/mol. The van der Waals surface area contributed by atoms with Crippen molar-refractivity contribution in [3.8, 4) is 0 Å². The van der Waals surface area contributed by atoms with Gasteiger partial charge in [0.15, 0.2) is 5.82 Å². The molecule has 1 aliphatic rings. The minimum Gasteiger partial charge on any atom is -0.352 e. The van der Waals surface area contributed by atoms with Gasteiger partial charge in [-0.1, -0.05) is 43.0 Å². The number of amides is 4. The van der Waals surface area contributed by atoms with Crippen molar-refractivity contribution in [1.82, 2.24) is 26.1 Å². The minimum atomic E-state index is -0.594. The Morgan fingerprint density at radius 2 is 1.74 bits per heavy atom. The maximum Gasteiger partial charge on any atom is 0.319 e. The van der Waals surface area contributed by atoms with Crippen LogP contribution in [0.2, 0.25) is 0 Å². The van der Waals surface area contributed by atoms with Gasteiger partial charge in [-0.15, -0.1) is 0 Å². The summed E-state index contributed by atoms with van der Waals surface area (Å²) in [4.78, 5) is 40.5. The van der Waals surface area contributed by atoms with E-state index in [1.54, 1.807) is 12.1 Å². The highest BCUT2D eigenvalue weighted by molar-refractivity contribution is 5.89. The minimum absolute atomic E-state index is 0.0540. The topological polar surface area (TPSA) is 138 Å². The summed E-state index contributed by atoms with van der Waals surface area (Å²) in [6, 6.07) is 7.08. The maximum atomic E-state index is 12.3. The van der Waals surface area contributed by atoms with Gasteiger partial charge < -0.3 is 25.8 Å². The average molecular weight is 485 g/mol. The molecule has 4 amide bonds. The molecule has 1 aromatic carbocycles. The van der Waals surface area contributed by atoms with Crippen LogP contribution in [0.15, 0.2) is 28.8 Å². The van der Waals surface area contributed by atoms with E-state index in [2.05, 4.69) is 31.4 Å². The quantitative estimate of drug-likeness (QED) is 0.402. The van der Waals surface area contributed by atoms with Crippen molar-refractivity contribution in [2.75, 3.05) is 5.32 Å². The van der Waals surface area contributed by atoms with Gasteiger partial charge in [0, 0.05) is 38.0 Å². The average Bonchev–Trinajstić information content (AvgIpc) is 3.16. The van der Waals surface area contributed by atoms with Gasteiger partial charge in [0.05, 0.1) is 0 Å². The van der Waals surface area contributed by atoms with Crippen molar-refractivity contribution >= 4 is 23.5 Å². The Hall–Kier alpha value is -3.43. The van der Waals surface area contributed by atoms with E-state index in [1.165, 1.54) is 6.92 Å². The fourth-order valence-corrected chi connectivity index (χ4v) is 4.27.